The van der Waals surface area contributed by atoms with Crippen LogP contribution >= 0.6 is 23.1 Å². The van der Waals surface area contributed by atoms with Gasteiger partial charge in [-0.15, -0.1) is 11.3 Å². The fourth-order valence-corrected chi connectivity index (χ4v) is 5.05. The van der Waals surface area contributed by atoms with Gasteiger partial charge in [0.2, 0.25) is 5.13 Å². The van der Waals surface area contributed by atoms with Crippen molar-refractivity contribution in [3.8, 4) is 0 Å². The van der Waals surface area contributed by atoms with E-state index in [9.17, 15) is 4.79 Å². The molecule has 0 fully saturated rings. The van der Waals surface area contributed by atoms with Gasteiger partial charge in [0.15, 0.2) is 5.96 Å². The summed E-state index contributed by atoms with van der Waals surface area (Å²) in [6.07, 6.45) is 4.79. The minimum Gasteiger partial charge on any atom is -0.370 e. The van der Waals surface area contributed by atoms with Gasteiger partial charge in [-0.1, -0.05) is 13.8 Å². The molecule has 2 aromatic heterocycles. The second-order valence-electron chi connectivity index (χ2n) is 7.50. The summed E-state index contributed by atoms with van der Waals surface area (Å²) in [5.41, 5.74) is 13.4. The highest BCUT2D eigenvalue weighted by Crippen LogP contribution is 2.22. The van der Waals surface area contributed by atoms with Crippen molar-refractivity contribution in [3.05, 3.63) is 38.5 Å². The van der Waals surface area contributed by atoms with Crippen LogP contribution in [0.2, 0.25) is 0 Å². The molecule has 0 bridgehead atoms. The van der Waals surface area contributed by atoms with Crippen molar-refractivity contribution in [1.29, 1.82) is 0 Å². The summed E-state index contributed by atoms with van der Waals surface area (Å²) in [4.78, 5) is 31.0. The normalized spacial score (nSPS) is 11.2. The van der Waals surface area contributed by atoms with Crippen LogP contribution in [0, 0.1) is 6.92 Å². The fraction of sp³-hybridized carbons (Fsp3) is 0.619. The Labute approximate surface area is 193 Å². The average Bonchev–Trinajstić information content (AvgIpc) is 3.14. The summed E-state index contributed by atoms with van der Waals surface area (Å²) in [5.74, 6) is 2.38. The van der Waals surface area contributed by atoms with Crippen molar-refractivity contribution in [2.75, 3.05) is 25.4 Å². The minimum absolute atomic E-state index is 0.0154. The lowest BCUT2D eigenvalue weighted by Gasteiger charge is -2.20. The van der Waals surface area contributed by atoms with Crippen molar-refractivity contribution in [1.82, 2.24) is 19.9 Å². The Morgan fingerprint density at radius 2 is 1.94 bits per heavy atom. The van der Waals surface area contributed by atoms with Crippen molar-refractivity contribution >= 4 is 34.2 Å². The summed E-state index contributed by atoms with van der Waals surface area (Å²) in [7, 11) is 0. The predicted octanol–water partition coefficient (Wildman–Crippen LogP) is 2.97. The topological polar surface area (TPSA) is 126 Å². The molecular weight excluding hydrogens is 430 g/mol. The number of guanidine groups is 1. The number of nitrogens with one attached hydrogen (secondary N) is 1. The molecule has 0 aromatic carbocycles. The van der Waals surface area contributed by atoms with E-state index in [1.54, 1.807) is 11.8 Å². The van der Waals surface area contributed by atoms with Gasteiger partial charge in [0.1, 0.15) is 5.82 Å². The molecule has 0 aliphatic carbocycles. The average molecular weight is 466 g/mol. The zero-order chi connectivity index (χ0) is 22.6. The number of aryl methyl sites for hydroxylation is 2. The van der Waals surface area contributed by atoms with E-state index in [1.807, 2.05) is 12.3 Å². The van der Waals surface area contributed by atoms with E-state index >= 15 is 0 Å². The minimum atomic E-state index is -0.0878. The lowest BCUT2D eigenvalue weighted by molar-refractivity contribution is 0.271. The van der Waals surface area contributed by atoms with E-state index in [-0.39, 0.29) is 11.5 Å². The molecule has 2 heterocycles. The number of aliphatic imine (C=N–C) groups is 1. The van der Waals surface area contributed by atoms with Crippen molar-refractivity contribution in [2.45, 2.75) is 58.6 Å². The van der Waals surface area contributed by atoms with Crippen LogP contribution in [0.15, 0.2) is 15.2 Å². The van der Waals surface area contributed by atoms with E-state index in [1.165, 1.54) is 11.3 Å². The monoisotopic (exact) mass is 465 g/mol. The Bertz CT molecular complexity index is 884. The maximum atomic E-state index is 12.5. The molecule has 0 radical (unpaired) electrons. The quantitative estimate of drug-likeness (QED) is 0.222. The Hall–Kier alpha value is -1.91. The second-order valence-corrected chi connectivity index (χ2v) is 9.44. The Morgan fingerprint density at radius 1 is 1.19 bits per heavy atom. The number of nitrogens with zero attached hydrogens (tertiary/aromatic N) is 4. The molecule has 31 heavy (non-hydrogen) atoms. The highest BCUT2D eigenvalue weighted by molar-refractivity contribution is 7.98. The van der Waals surface area contributed by atoms with Crippen LogP contribution in [-0.2, 0) is 18.6 Å². The SMILES string of the molecule is CCCN(CCC)CCCc1c(C)[nH]c(CCSCc2csc(N=C(N)N)n2)nc1=O. The molecule has 5 N–H and O–H groups in total. The number of hydrogen-bond donors (Lipinski definition) is 3. The largest absolute Gasteiger partial charge is 0.370 e. The number of H-pyrrole nitrogens is 1. The third kappa shape index (κ3) is 9.00. The van der Waals surface area contributed by atoms with Crippen LogP contribution < -0.4 is 17.0 Å². The molecule has 2 aromatic rings. The van der Waals surface area contributed by atoms with Crippen LogP contribution in [0.25, 0.3) is 0 Å². The summed E-state index contributed by atoms with van der Waals surface area (Å²) in [6.45, 7) is 9.66. The third-order valence-electron chi connectivity index (χ3n) is 4.76. The standard InChI is InChI=1S/C21H35N7OS2/c1-4-9-28(10-5-2)11-6-7-17-15(3)24-18(26-19(17)29)8-12-30-13-16-14-31-21(25-16)27-20(22)23/h14H,4-13H2,1-3H3,(H,24,26,29)(H4,22,23,25,27). The van der Waals surface area contributed by atoms with E-state index in [2.05, 4.69) is 38.7 Å². The van der Waals surface area contributed by atoms with Crippen LogP contribution in [-0.4, -0.2) is 51.2 Å². The van der Waals surface area contributed by atoms with Gasteiger partial charge in [-0.3, -0.25) is 4.79 Å². The van der Waals surface area contributed by atoms with Gasteiger partial charge >= 0.3 is 0 Å². The van der Waals surface area contributed by atoms with Crippen molar-refractivity contribution in [3.63, 3.8) is 0 Å². The Kier molecular flexibility index (Phi) is 11.0. The number of thioether (sulfide) groups is 1. The molecule has 172 valence electrons. The molecule has 0 unspecified atom stereocenters. The first-order valence-electron chi connectivity index (χ1n) is 10.9. The van der Waals surface area contributed by atoms with E-state index < -0.39 is 0 Å². The van der Waals surface area contributed by atoms with Crippen LogP contribution in [0.4, 0.5) is 5.13 Å². The number of aromatic amines is 1. The molecule has 2 rings (SSSR count). The Morgan fingerprint density at radius 3 is 2.58 bits per heavy atom. The van der Waals surface area contributed by atoms with Gasteiger partial charge < -0.3 is 21.4 Å². The van der Waals surface area contributed by atoms with E-state index in [4.69, 9.17) is 11.5 Å². The highest BCUT2D eigenvalue weighted by Gasteiger charge is 2.10. The Balaban J connectivity index is 1.81. The van der Waals surface area contributed by atoms with Crippen LogP contribution in [0.1, 0.15) is 55.9 Å². The molecule has 0 atom stereocenters. The van der Waals surface area contributed by atoms with Gasteiger partial charge in [0.25, 0.3) is 5.56 Å². The second kappa shape index (κ2) is 13.5. The first-order chi connectivity index (χ1) is 14.9. The first kappa shape index (κ1) is 25.4. The zero-order valence-electron chi connectivity index (χ0n) is 18.8. The summed E-state index contributed by atoms with van der Waals surface area (Å²) in [5, 5.41) is 2.52. The molecule has 0 aliphatic rings. The number of nitrogens with two attached hydrogens (primary N) is 2. The van der Waals surface area contributed by atoms with Gasteiger partial charge in [0, 0.05) is 34.6 Å². The molecule has 0 amide bonds. The van der Waals surface area contributed by atoms with Gasteiger partial charge in [0.05, 0.1) is 5.69 Å². The first-order valence-corrected chi connectivity index (χ1v) is 12.9. The number of hydrogen-bond acceptors (Lipinski definition) is 7. The molecule has 0 spiro atoms. The van der Waals surface area contributed by atoms with Gasteiger partial charge in [-0.05, 0) is 52.2 Å². The summed E-state index contributed by atoms with van der Waals surface area (Å²) < 4.78 is 0. The summed E-state index contributed by atoms with van der Waals surface area (Å²) in [6, 6.07) is 0. The fourth-order valence-electron chi connectivity index (χ4n) is 3.40. The van der Waals surface area contributed by atoms with E-state index in [0.717, 1.165) is 79.6 Å². The lowest BCUT2D eigenvalue weighted by atomic mass is 10.1. The highest BCUT2D eigenvalue weighted by atomic mass is 32.2. The molecular formula is C21H35N7OS2. The predicted molar refractivity (Wildman–Crippen MR) is 132 cm³/mol. The summed E-state index contributed by atoms with van der Waals surface area (Å²) >= 11 is 3.16. The molecule has 0 aliphatic heterocycles. The van der Waals surface area contributed by atoms with Gasteiger partial charge in [-0.25, -0.2) is 4.98 Å². The molecule has 0 saturated heterocycles. The van der Waals surface area contributed by atoms with Crippen molar-refractivity contribution < 1.29 is 0 Å². The molecule has 8 nitrogen and oxygen atoms in total. The zero-order valence-corrected chi connectivity index (χ0v) is 20.4. The van der Waals surface area contributed by atoms with E-state index in [0.29, 0.717) is 11.6 Å². The van der Waals surface area contributed by atoms with Crippen molar-refractivity contribution in [2.24, 2.45) is 16.5 Å². The van der Waals surface area contributed by atoms with Gasteiger partial charge in [-0.2, -0.15) is 21.7 Å². The maximum Gasteiger partial charge on any atom is 0.276 e. The maximum absolute atomic E-state index is 12.5. The lowest BCUT2D eigenvalue weighted by Crippen LogP contribution is -2.27. The number of thiazole rings is 1. The van der Waals surface area contributed by atoms with Crippen LogP contribution in [0.3, 0.4) is 0 Å². The smallest absolute Gasteiger partial charge is 0.276 e. The molecule has 0 saturated carbocycles. The number of rotatable bonds is 14. The molecule has 10 heteroatoms. The van der Waals surface area contributed by atoms with Crippen LogP contribution in [0.5, 0.6) is 0 Å². The number of aromatic nitrogens is 3. The third-order valence-corrected chi connectivity index (χ3v) is 6.53.